The average molecular weight is 341 g/mol. The van der Waals surface area contributed by atoms with Crippen LogP contribution in [0.3, 0.4) is 0 Å². The third-order valence-corrected chi connectivity index (χ3v) is 4.32. The van der Waals surface area contributed by atoms with Gasteiger partial charge in [-0.3, -0.25) is 0 Å². The Morgan fingerprint density at radius 3 is 2.43 bits per heavy atom. The van der Waals surface area contributed by atoms with E-state index in [2.05, 4.69) is 0 Å². The Labute approximate surface area is 130 Å². The van der Waals surface area contributed by atoms with Crippen LogP contribution in [0.2, 0.25) is 0 Å². The van der Waals surface area contributed by atoms with Gasteiger partial charge in [0.05, 0.1) is 16.5 Å². The molecule has 0 aliphatic rings. The van der Waals surface area contributed by atoms with Crippen LogP contribution in [0.1, 0.15) is 11.1 Å². The molecule has 0 spiro atoms. The maximum Gasteiger partial charge on any atom is 0.341 e. The van der Waals surface area contributed by atoms with Gasteiger partial charge in [-0.25, -0.2) is 12.8 Å². The Morgan fingerprint density at radius 1 is 1.17 bits per heavy atom. The summed E-state index contributed by atoms with van der Waals surface area (Å²) in [7, 11) is -4.70. The van der Waals surface area contributed by atoms with Crippen LogP contribution in [-0.4, -0.2) is 14.2 Å². The number of hydrogen-bond donors (Lipinski definition) is 0. The van der Waals surface area contributed by atoms with E-state index in [0.717, 1.165) is 24.3 Å². The lowest BCUT2D eigenvalue weighted by Crippen LogP contribution is -2.11. The molecule has 2 aromatic rings. The average Bonchev–Trinajstić information content (AvgIpc) is 2.48. The summed E-state index contributed by atoms with van der Waals surface area (Å²) in [6.07, 6.45) is 0. The Balaban J connectivity index is 2.37. The fourth-order valence-electron chi connectivity index (χ4n) is 1.83. The van der Waals surface area contributed by atoms with Gasteiger partial charge in [0.2, 0.25) is 9.84 Å². The third kappa shape index (κ3) is 3.63. The molecule has 0 saturated heterocycles. The summed E-state index contributed by atoms with van der Waals surface area (Å²) in [5.41, 5.74) is 0.323. The van der Waals surface area contributed by atoms with Crippen LogP contribution in [0, 0.1) is 24.1 Å². The number of alkyl halides is 2. The second-order valence-corrected chi connectivity index (χ2v) is 6.54. The molecule has 0 bridgehead atoms. The minimum atomic E-state index is -4.70. The molecule has 4 nitrogen and oxygen atoms in total. The largest absolute Gasteiger partial charge is 0.457 e. The molecule has 0 amide bonds. The van der Waals surface area contributed by atoms with Gasteiger partial charge < -0.3 is 4.74 Å². The monoisotopic (exact) mass is 341 g/mol. The lowest BCUT2D eigenvalue weighted by molar-refractivity contribution is 0.234. The van der Waals surface area contributed by atoms with E-state index in [1.54, 1.807) is 6.07 Å². The summed E-state index contributed by atoms with van der Waals surface area (Å²) in [5.74, 6) is -3.99. The lowest BCUT2D eigenvalue weighted by Gasteiger charge is -2.11. The molecule has 0 aromatic heterocycles. The van der Waals surface area contributed by atoms with E-state index in [-0.39, 0.29) is 22.6 Å². The Hall–Kier alpha value is -2.53. The Kier molecular flexibility index (Phi) is 4.61. The number of hydrogen-bond acceptors (Lipinski definition) is 4. The normalized spacial score (nSPS) is 11.3. The summed E-state index contributed by atoms with van der Waals surface area (Å²) in [6.45, 7) is 1.46. The van der Waals surface area contributed by atoms with Crippen LogP contribution in [0.4, 0.5) is 13.2 Å². The molecule has 120 valence electrons. The predicted octanol–water partition coefficient (Wildman–Crippen LogP) is 3.79. The van der Waals surface area contributed by atoms with Gasteiger partial charge in [0.1, 0.15) is 17.3 Å². The highest BCUT2D eigenvalue weighted by atomic mass is 32.2. The number of benzene rings is 2. The van der Waals surface area contributed by atoms with Crippen LogP contribution >= 0.6 is 0 Å². The van der Waals surface area contributed by atoms with Gasteiger partial charge in [-0.1, -0.05) is 0 Å². The first-order chi connectivity index (χ1) is 10.7. The van der Waals surface area contributed by atoms with Gasteiger partial charge >= 0.3 is 5.76 Å². The van der Waals surface area contributed by atoms with Gasteiger partial charge in [-0.2, -0.15) is 14.0 Å². The quantitative estimate of drug-likeness (QED) is 0.848. The number of nitriles is 1. The highest BCUT2D eigenvalue weighted by Crippen LogP contribution is 2.29. The van der Waals surface area contributed by atoms with Crippen molar-refractivity contribution in [2.45, 2.75) is 17.6 Å². The highest BCUT2D eigenvalue weighted by Gasteiger charge is 2.27. The zero-order chi connectivity index (χ0) is 17.2. The topological polar surface area (TPSA) is 67.2 Å². The zero-order valence-electron chi connectivity index (χ0n) is 11.8. The SMILES string of the molecule is Cc1cc(S(=O)(=O)C(F)F)ccc1Oc1cc(F)cc(C#N)c1. The zero-order valence-corrected chi connectivity index (χ0v) is 12.6. The van der Waals surface area contributed by atoms with E-state index in [1.165, 1.54) is 19.1 Å². The smallest absolute Gasteiger partial charge is 0.341 e. The molecule has 0 atom stereocenters. The van der Waals surface area contributed by atoms with E-state index < -0.39 is 26.3 Å². The maximum absolute atomic E-state index is 13.3. The number of rotatable bonds is 4. The molecule has 0 aliphatic carbocycles. The first kappa shape index (κ1) is 16.8. The van der Waals surface area contributed by atoms with Crippen LogP contribution in [0.15, 0.2) is 41.3 Å². The molecule has 0 unspecified atom stereocenters. The minimum absolute atomic E-state index is 0.0362. The summed E-state index contributed by atoms with van der Waals surface area (Å²) >= 11 is 0. The molecule has 0 radical (unpaired) electrons. The maximum atomic E-state index is 13.3. The number of nitrogens with zero attached hydrogens (tertiary/aromatic N) is 1. The van der Waals surface area contributed by atoms with Gasteiger partial charge in [0.15, 0.2) is 0 Å². The predicted molar refractivity (Wildman–Crippen MR) is 75.6 cm³/mol. The van der Waals surface area contributed by atoms with Crippen molar-refractivity contribution in [1.82, 2.24) is 0 Å². The van der Waals surface area contributed by atoms with Crippen molar-refractivity contribution < 1.29 is 26.3 Å². The second kappa shape index (κ2) is 6.30. The van der Waals surface area contributed by atoms with Crippen molar-refractivity contribution in [3.63, 3.8) is 0 Å². The molecule has 0 heterocycles. The van der Waals surface area contributed by atoms with Crippen LogP contribution in [0.5, 0.6) is 11.5 Å². The summed E-state index contributed by atoms with van der Waals surface area (Å²) in [6, 6.07) is 8.36. The molecule has 8 heteroatoms. The first-order valence-corrected chi connectivity index (χ1v) is 7.80. The van der Waals surface area contributed by atoms with E-state index in [0.29, 0.717) is 0 Å². The Morgan fingerprint density at radius 2 is 1.87 bits per heavy atom. The highest BCUT2D eigenvalue weighted by molar-refractivity contribution is 7.91. The number of aryl methyl sites for hydroxylation is 1. The molecule has 2 aromatic carbocycles. The van der Waals surface area contributed by atoms with Gasteiger partial charge in [0, 0.05) is 6.07 Å². The van der Waals surface area contributed by atoms with Crippen molar-refractivity contribution >= 4 is 9.84 Å². The van der Waals surface area contributed by atoms with Crippen LogP contribution < -0.4 is 4.74 Å². The van der Waals surface area contributed by atoms with Gasteiger partial charge in [-0.05, 0) is 42.8 Å². The molecular formula is C15H10F3NO3S. The van der Waals surface area contributed by atoms with Crippen LogP contribution in [-0.2, 0) is 9.84 Å². The summed E-state index contributed by atoms with van der Waals surface area (Å²) < 4.78 is 66.6. The number of ether oxygens (including phenoxy) is 1. The molecule has 23 heavy (non-hydrogen) atoms. The Bertz CT molecular complexity index is 889. The van der Waals surface area contributed by atoms with Crippen molar-refractivity contribution in [3.05, 3.63) is 53.3 Å². The summed E-state index contributed by atoms with van der Waals surface area (Å²) in [5, 5.41) is 8.78. The molecule has 0 saturated carbocycles. The van der Waals surface area contributed by atoms with E-state index in [1.807, 2.05) is 0 Å². The van der Waals surface area contributed by atoms with Crippen LogP contribution in [0.25, 0.3) is 0 Å². The van der Waals surface area contributed by atoms with Crippen molar-refractivity contribution in [1.29, 1.82) is 5.26 Å². The van der Waals surface area contributed by atoms with E-state index in [9.17, 15) is 21.6 Å². The first-order valence-electron chi connectivity index (χ1n) is 6.25. The number of halogens is 3. The standard InChI is InChI=1S/C15H10F3NO3S/c1-9-4-13(23(20,21)15(17)18)2-3-14(9)22-12-6-10(8-19)5-11(16)7-12/h2-7,15H,1H3. The third-order valence-electron chi connectivity index (χ3n) is 2.94. The minimum Gasteiger partial charge on any atom is -0.457 e. The van der Waals surface area contributed by atoms with E-state index >= 15 is 0 Å². The van der Waals surface area contributed by atoms with Crippen molar-refractivity contribution in [3.8, 4) is 17.6 Å². The van der Waals surface area contributed by atoms with Gasteiger partial charge in [-0.15, -0.1) is 0 Å². The van der Waals surface area contributed by atoms with Crippen molar-refractivity contribution in [2.75, 3.05) is 0 Å². The van der Waals surface area contributed by atoms with Gasteiger partial charge in [0.25, 0.3) is 0 Å². The lowest BCUT2D eigenvalue weighted by atomic mass is 10.2. The molecule has 0 N–H and O–H groups in total. The fourth-order valence-corrected chi connectivity index (χ4v) is 2.63. The number of sulfone groups is 1. The second-order valence-electron chi connectivity index (χ2n) is 4.62. The molecule has 0 aliphatic heterocycles. The molecule has 0 fully saturated rings. The van der Waals surface area contributed by atoms with Crippen molar-refractivity contribution in [2.24, 2.45) is 0 Å². The molecule has 2 rings (SSSR count). The summed E-state index contributed by atoms with van der Waals surface area (Å²) in [4.78, 5) is -0.533. The van der Waals surface area contributed by atoms with E-state index in [4.69, 9.17) is 10.00 Å². The fraction of sp³-hybridized carbons (Fsp3) is 0.133. The molecular weight excluding hydrogens is 331 g/mol.